The number of hydrogen-bond donors (Lipinski definition) is 0. The fraction of sp³-hybridized carbons (Fsp3) is 0.250. The first-order chi connectivity index (χ1) is 10.5. The minimum Gasteiger partial charge on any atom is -0.122 e. The van der Waals surface area contributed by atoms with Gasteiger partial charge in [-0.25, -0.2) is 0 Å². The van der Waals surface area contributed by atoms with Gasteiger partial charge < -0.3 is 0 Å². The van der Waals surface area contributed by atoms with E-state index in [0.29, 0.717) is 9.05 Å². The van der Waals surface area contributed by atoms with Crippen molar-refractivity contribution in [3.05, 3.63) is 59.7 Å². The number of halogens is 2. The number of rotatable bonds is 7. The Morgan fingerprint density at radius 1 is 0.682 bits per heavy atom. The van der Waals surface area contributed by atoms with Crippen molar-refractivity contribution in [2.45, 2.75) is 23.6 Å². The summed E-state index contributed by atoms with van der Waals surface area (Å²) in [4.78, 5) is 1.59. The summed E-state index contributed by atoms with van der Waals surface area (Å²) >= 11 is 1.93. The SMILES string of the molecule is Cc1ccc(SN(F)CCN(F)Sc2ccc(C)cc2)cc1. The second-order valence-electron chi connectivity index (χ2n) is 4.89. The average molecular weight is 340 g/mol. The predicted molar refractivity (Wildman–Crippen MR) is 89.7 cm³/mol. The number of nitrogens with zero attached hydrogens (tertiary/aromatic N) is 2. The van der Waals surface area contributed by atoms with Crippen LogP contribution in [0.2, 0.25) is 0 Å². The lowest BCUT2D eigenvalue weighted by atomic mass is 10.2. The average Bonchev–Trinajstić information content (AvgIpc) is 2.50. The van der Waals surface area contributed by atoms with Gasteiger partial charge in [-0.1, -0.05) is 44.4 Å². The zero-order valence-corrected chi connectivity index (χ0v) is 14.1. The van der Waals surface area contributed by atoms with Gasteiger partial charge in [0.1, 0.15) is 0 Å². The molecule has 22 heavy (non-hydrogen) atoms. The molecular weight excluding hydrogens is 322 g/mol. The molecule has 6 heteroatoms. The Labute approximate surface area is 138 Å². The molecule has 0 N–H and O–H groups in total. The first kappa shape index (κ1) is 17.3. The van der Waals surface area contributed by atoms with E-state index in [0.717, 1.165) is 44.8 Å². The Morgan fingerprint density at radius 2 is 1.00 bits per heavy atom. The largest absolute Gasteiger partial charge is 0.122 e. The van der Waals surface area contributed by atoms with Crippen LogP contribution in [0.1, 0.15) is 11.1 Å². The van der Waals surface area contributed by atoms with Crippen molar-refractivity contribution < 1.29 is 8.96 Å². The summed E-state index contributed by atoms with van der Waals surface area (Å²) in [5, 5.41) is 0. The van der Waals surface area contributed by atoms with Gasteiger partial charge in [0.25, 0.3) is 0 Å². The molecule has 2 nitrogen and oxygen atoms in total. The van der Waals surface area contributed by atoms with Crippen molar-refractivity contribution in [1.82, 2.24) is 9.05 Å². The molecule has 0 radical (unpaired) electrons. The van der Waals surface area contributed by atoms with E-state index in [9.17, 15) is 8.96 Å². The van der Waals surface area contributed by atoms with E-state index in [1.165, 1.54) is 0 Å². The molecule has 0 heterocycles. The van der Waals surface area contributed by atoms with Gasteiger partial charge >= 0.3 is 0 Å². The monoisotopic (exact) mass is 340 g/mol. The van der Waals surface area contributed by atoms with Crippen LogP contribution in [0, 0.1) is 13.8 Å². The third-order valence-corrected chi connectivity index (χ3v) is 4.63. The van der Waals surface area contributed by atoms with Crippen LogP contribution < -0.4 is 0 Å². The smallest absolute Gasteiger partial charge is 0.0575 e. The van der Waals surface area contributed by atoms with Crippen LogP contribution in [-0.4, -0.2) is 22.1 Å². The van der Waals surface area contributed by atoms with Crippen molar-refractivity contribution in [3.8, 4) is 0 Å². The van der Waals surface area contributed by atoms with Crippen LogP contribution in [-0.2, 0) is 0 Å². The molecule has 118 valence electrons. The topological polar surface area (TPSA) is 6.48 Å². The molecule has 0 aliphatic rings. The molecule has 2 aromatic rings. The molecule has 0 atom stereocenters. The van der Waals surface area contributed by atoms with E-state index in [2.05, 4.69) is 0 Å². The quantitative estimate of drug-likeness (QED) is 0.492. The van der Waals surface area contributed by atoms with E-state index < -0.39 is 0 Å². The first-order valence-corrected chi connectivity index (χ1v) is 8.43. The van der Waals surface area contributed by atoms with Crippen LogP contribution in [0.25, 0.3) is 0 Å². The maximum Gasteiger partial charge on any atom is 0.0575 e. The van der Waals surface area contributed by atoms with Gasteiger partial charge in [0.15, 0.2) is 0 Å². The van der Waals surface area contributed by atoms with Gasteiger partial charge in [-0.15, -0.1) is 8.96 Å². The Kier molecular flexibility index (Phi) is 6.70. The first-order valence-electron chi connectivity index (χ1n) is 6.89. The second-order valence-corrected chi connectivity index (χ2v) is 6.99. The molecule has 0 saturated heterocycles. The summed E-state index contributed by atoms with van der Waals surface area (Å²) in [6.07, 6.45) is 0. The van der Waals surface area contributed by atoms with Crippen LogP contribution in [0.3, 0.4) is 0 Å². The highest BCUT2D eigenvalue weighted by atomic mass is 32.2. The van der Waals surface area contributed by atoms with Gasteiger partial charge in [-0.05, 0) is 62.0 Å². The van der Waals surface area contributed by atoms with Gasteiger partial charge in [-0.2, -0.15) is 0 Å². The van der Waals surface area contributed by atoms with Gasteiger partial charge in [0.2, 0.25) is 0 Å². The van der Waals surface area contributed by atoms with Crippen molar-refractivity contribution in [3.63, 3.8) is 0 Å². The predicted octanol–water partition coefficient (Wildman–Crippen LogP) is 5.39. The fourth-order valence-electron chi connectivity index (χ4n) is 1.68. The molecule has 0 unspecified atom stereocenters. The maximum atomic E-state index is 13.7. The lowest BCUT2D eigenvalue weighted by Gasteiger charge is -2.14. The van der Waals surface area contributed by atoms with Crippen molar-refractivity contribution >= 4 is 23.9 Å². The van der Waals surface area contributed by atoms with Gasteiger partial charge in [0.05, 0.1) is 13.1 Å². The van der Waals surface area contributed by atoms with Crippen LogP contribution >= 0.6 is 23.9 Å². The fourth-order valence-corrected chi connectivity index (χ4v) is 2.99. The van der Waals surface area contributed by atoms with Gasteiger partial charge in [-0.3, -0.25) is 0 Å². The van der Waals surface area contributed by atoms with Crippen LogP contribution in [0.15, 0.2) is 58.3 Å². The van der Waals surface area contributed by atoms with Gasteiger partial charge in [0, 0.05) is 9.79 Å². The Hall–Kier alpha value is -1.08. The molecule has 0 fully saturated rings. The maximum absolute atomic E-state index is 13.7. The third-order valence-electron chi connectivity index (χ3n) is 2.90. The molecule has 0 aliphatic carbocycles. The summed E-state index contributed by atoms with van der Waals surface area (Å²) in [7, 11) is 0. The van der Waals surface area contributed by atoms with Crippen LogP contribution in [0.4, 0.5) is 8.96 Å². The highest BCUT2D eigenvalue weighted by Gasteiger charge is 2.11. The summed E-state index contributed by atoms with van der Waals surface area (Å²) < 4.78 is 28.6. The van der Waals surface area contributed by atoms with E-state index in [-0.39, 0.29) is 13.1 Å². The highest BCUT2D eigenvalue weighted by Crippen LogP contribution is 2.26. The Morgan fingerprint density at radius 3 is 1.32 bits per heavy atom. The zero-order chi connectivity index (χ0) is 15.9. The molecule has 0 bridgehead atoms. The lowest BCUT2D eigenvalue weighted by molar-refractivity contribution is 0.100. The third kappa shape index (κ3) is 5.96. The molecule has 0 spiro atoms. The molecule has 0 saturated carbocycles. The zero-order valence-electron chi connectivity index (χ0n) is 12.5. The second kappa shape index (κ2) is 8.53. The molecule has 2 rings (SSSR count). The van der Waals surface area contributed by atoms with Crippen molar-refractivity contribution in [2.75, 3.05) is 13.1 Å². The number of benzene rings is 2. The molecular formula is C16H18F2N2S2. The normalized spacial score (nSPS) is 11.4. The van der Waals surface area contributed by atoms with E-state index >= 15 is 0 Å². The van der Waals surface area contributed by atoms with E-state index in [4.69, 9.17) is 0 Å². The summed E-state index contributed by atoms with van der Waals surface area (Å²) in [6, 6.07) is 15.1. The minimum atomic E-state index is -0.0199. The number of hydrogen-bond acceptors (Lipinski definition) is 4. The summed E-state index contributed by atoms with van der Waals surface area (Å²) in [6.45, 7) is 3.91. The van der Waals surface area contributed by atoms with Crippen LogP contribution in [0.5, 0.6) is 0 Å². The Balaban J connectivity index is 1.74. The highest BCUT2D eigenvalue weighted by molar-refractivity contribution is 7.97. The summed E-state index contributed by atoms with van der Waals surface area (Å²) in [5.41, 5.74) is 2.25. The van der Waals surface area contributed by atoms with Crippen molar-refractivity contribution in [1.29, 1.82) is 0 Å². The molecule has 0 amide bonds. The van der Waals surface area contributed by atoms with Crippen molar-refractivity contribution in [2.24, 2.45) is 0 Å². The lowest BCUT2D eigenvalue weighted by Crippen LogP contribution is -2.18. The number of aryl methyl sites for hydroxylation is 2. The molecule has 0 aliphatic heterocycles. The summed E-state index contributed by atoms with van der Waals surface area (Å²) in [5.74, 6) is 0. The minimum absolute atomic E-state index is 0.0199. The van der Waals surface area contributed by atoms with E-state index in [1.807, 2.05) is 62.4 Å². The molecule has 0 aromatic heterocycles. The standard InChI is InChI=1S/C16H18F2N2S2/c1-13-3-7-15(8-4-13)21-19(17)11-12-20(18)22-16-9-5-14(2)6-10-16/h3-10H,11-12H2,1-2H3. The van der Waals surface area contributed by atoms with E-state index in [1.54, 1.807) is 0 Å². The Bertz CT molecular complexity index is 522. The molecule has 2 aromatic carbocycles.